The molecular formula is C22H28N2O2. The Morgan fingerprint density at radius 3 is 2.35 bits per heavy atom. The molecule has 4 nitrogen and oxygen atoms in total. The van der Waals surface area contributed by atoms with Gasteiger partial charge in [-0.05, 0) is 54.2 Å². The van der Waals surface area contributed by atoms with E-state index >= 15 is 0 Å². The Kier molecular flexibility index (Phi) is 5.50. The van der Waals surface area contributed by atoms with Crippen LogP contribution in [-0.2, 0) is 10.2 Å². The van der Waals surface area contributed by atoms with E-state index in [1.54, 1.807) is 0 Å². The van der Waals surface area contributed by atoms with Crippen LogP contribution in [-0.4, -0.2) is 25.6 Å². The van der Waals surface area contributed by atoms with Crippen molar-refractivity contribution in [1.29, 1.82) is 0 Å². The summed E-state index contributed by atoms with van der Waals surface area (Å²) in [6, 6.07) is 15.9. The fraction of sp³-hybridized carbons (Fsp3) is 0.409. The molecule has 4 heteroatoms. The van der Waals surface area contributed by atoms with Gasteiger partial charge in [0, 0.05) is 24.5 Å². The molecule has 0 bridgehead atoms. The van der Waals surface area contributed by atoms with Crippen molar-refractivity contribution in [3.8, 4) is 5.75 Å². The van der Waals surface area contributed by atoms with Gasteiger partial charge in [0.05, 0.1) is 0 Å². The molecular weight excluding hydrogens is 324 g/mol. The number of carbonyl (C=O) groups excluding carboxylic acids is 1. The minimum absolute atomic E-state index is 0.000962. The van der Waals surface area contributed by atoms with Crippen LogP contribution in [0.4, 0.5) is 11.4 Å². The van der Waals surface area contributed by atoms with E-state index in [1.807, 2.05) is 36.4 Å². The second kappa shape index (κ2) is 7.81. The Morgan fingerprint density at radius 1 is 1.04 bits per heavy atom. The molecule has 0 aliphatic carbocycles. The van der Waals surface area contributed by atoms with E-state index in [9.17, 15) is 4.79 Å². The molecule has 2 aromatic rings. The van der Waals surface area contributed by atoms with Crippen molar-refractivity contribution in [2.24, 2.45) is 0 Å². The third kappa shape index (κ3) is 4.57. The molecule has 0 saturated carbocycles. The van der Waals surface area contributed by atoms with Crippen LogP contribution >= 0.6 is 0 Å². The lowest BCUT2D eigenvalue weighted by molar-refractivity contribution is -0.118. The van der Waals surface area contributed by atoms with Crippen LogP contribution in [0.1, 0.15) is 39.2 Å². The quantitative estimate of drug-likeness (QED) is 0.855. The van der Waals surface area contributed by atoms with Crippen LogP contribution in [0.5, 0.6) is 5.75 Å². The van der Waals surface area contributed by atoms with Gasteiger partial charge in [-0.1, -0.05) is 39.0 Å². The maximum absolute atomic E-state index is 12.2. The van der Waals surface area contributed by atoms with Gasteiger partial charge in [-0.25, -0.2) is 0 Å². The van der Waals surface area contributed by atoms with E-state index in [1.165, 1.54) is 18.5 Å². The normalized spacial score (nSPS) is 14.3. The minimum Gasteiger partial charge on any atom is -0.483 e. The molecule has 0 atom stereocenters. The van der Waals surface area contributed by atoms with E-state index in [4.69, 9.17) is 4.74 Å². The smallest absolute Gasteiger partial charge is 0.262 e. The van der Waals surface area contributed by atoms with Gasteiger partial charge in [0.15, 0.2) is 6.61 Å². The SMILES string of the molecule is CC(C)(C)c1ccccc1OCC(=O)Nc1ccc(N2CCCC2)cc1. The highest BCUT2D eigenvalue weighted by Gasteiger charge is 2.19. The van der Waals surface area contributed by atoms with Crippen molar-refractivity contribution in [3.05, 3.63) is 54.1 Å². The zero-order chi connectivity index (χ0) is 18.6. The molecule has 3 rings (SSSR count). The van der Waals surface area contributed by atoms with Crippen LogP contribution in [0.2, 0.25) is 0 Å². The van der Waals surface area contributed by atoms with E-state index in [0.29, 0.717) is 0 Å². The van der Waals surface area contributed by atoms with Crippen molar-refractivity contribution >= 4 is 17.3 Å². The van der Waals surface area contributed by atoms with Gasteiger partial charge in [-0.3, -0.25) is 4.79 Å². The summed E-state index contributed by atoms with van der Waals surface area (Å²) in [7, 11) is 0. The second-order valence-corrected chi connectivity index (χ2v) is 7.82. The number of rotatable bonds is 5. The van der Waals surface area contributed by atoms with Crippen LogP contribution in [0.15, 0.2) is 48.5 Å². The number of benzene rings is 2. The van der Waals surface area contributed by atoms with Gasteiger partial charge in [-0.2, -0.15) is 0 Å². The van der Waals surface area contributed by atoms with Gasteiger partial charge in [0.1, 0.15) is 5.75 Å². The third-order valence-electron chi connectivity index (χ3n) is 4.68. The second-order valence-electron chi connectivity index (χ2n) is 7.82. The zero-order valence-electron chi connectivity index (χ0n) is 15.9. The summed E-state index contributed by atoms with van der Waals surface area (Å²) < 4.78 is 5.78. The average molecular weight is 352 g/mol. The molecule has 0 unspecified atom stereocenters. The highest BCUT2D eigenvalue weighted by Crippen LogP contribution is 2.31. The van der Waals surface area contributed by atoms with Crippen LogP contribution in [0.25, 0.3) is 0 Å². The number of ether oxygens (including phenoxy) is 1. The van der Waals surface area contributed by atoms with Crippen molar-refractivity contribution in [2.75, 3.05) is 29.9 Å². The maximum atomic E-state index is 12.2. The summed E-state index contributed by atoms with van der Waals surface area (Å²) >= 11 is 0. The van der Waals surface area contributed by atoms with Crippen molar-refractivity contribution in [1.82, 2.24) is 0 Å². The van der Waals surface area contributed by atoms with E-state index < -0.39 is 0 Å². The number of hydrogen-bond donors (Lipinski definition) is 1. The molecule has 1 N–H and O–H groups in total. The van der Waals surface area contributed by atoms with Gasteiger partial charge in [-0.15, -0.1) is 0 Å². The van der Waals surface area contributed by atoms with Gasteiger partial charge >= 0.3 is 0 Å². The van der Waals surface area contributed by atoms with E-state index in [-0.39, 0.29) is 17.9 Å². The van der Waals surface area contributed by atoms with E-state index in [0.717, 1.165) is 30.1 Å². The molecule has 1 aliphatic rings. The molecule has 1 amide bonds. The molecule has 1 aliphatic heterocycles. The van der Waals surface area contributed by atoms with Gasteiger partial charge in [0.2, 0.25) is 0 Å². The Morgan fingerprint density at radius 2 is 1.69 bits per heavy atom. The van der Waals surface area contributed by atoms with Crippen LogP contribution < -0.4 is 15.0 Å². The third-order valence-corrected chi connectivity index (χ3v) is 4.68. The average Bonchev–Trinajstić information content (AvgIpc) is 3.15. The molecule has 138 valence electrons. The van der Waals surface area contributed by atoms with Gasteiger partial charge in [0.25, 0.3) is 5.91 Å². The molecule has 2 aromatic carbocycles. The lowest BCUT2D eigenvalue weighted by Crippen LogP contribution is -2.22. The monoisotopic (exact) mass is 352 g/mol. The fourth-order valence-corrected chi connectivity index (χ4v) is 3.28. The van der Waals surface area contributed by atoms with Crippen molar-refractivity contribution < 1.29 is 9.53 Å². The molecule has 26 heavy (non-hydrogen) atoms. The Hall–Kier alpha value is -2.49. The molecule has 0 spiro atoms. The van der Waals surface area contributed by atoms with Crippen LogP contribution in [0.3, 0.4) is 0 Å². The number of carbonyl (C=O) groups is 1. The zero-order valence-corrected chi connectivity index (χ0v) is 15.9. The first-order valence-electron chi connectivity index (χ1n) is 9.31. The number of para-hydroxylation sites is 1. The first kappa shape index (κ1) is 18.3. The summed E-state index contributed by atoms with van der Waals surface area (Å²) in [6.45, 7) is 8.64. The first-order valence-corrected chi connectivity index (χ1v) is 9.31. The van der Waals surface area contributed by atoms with Crippen molar-refractivity contribution in [2.45, 2.75) is 39.0 Å². The van der Waals surface area contributed by atoms with Gasteiger partial charge < -0.3 is 15.0 Å². The summed E-state index contributed by atoms with van der Waals surface area (Å²) in [5.41, 5.74) is 3.09. The lowest BCUT2D eigenvalue weighted by Gasteiger charge is -2.22. The number of nitrogens with zero attached hydrogens (tertiary/aromatic N) is 1. The van der Waals surface area contributed by atoms with Crippen LogP contribution in [0, 0.1) is 0 Å². The Labute approximate surface area is 156 Å². The lowest BCUT2D eigenvalue weighted by atomic mass is 9.86. The number of nitrogens with one attached hydrogen (secondary N) is 1. The summed E-state index contributed by atoms with van der Waals surface area (Å²) in [4.78, 5) is 14.6. The minimum atomic E-state index is -0.150. The summed E-state index contributed by atoms with van der Waals surface area (Å²) in [6.07, 6.45) is 2.51. The Bertz CT molecular complexity index is 741. The Balaban J connectivity index is 1.56. The number of amides is 1. The fourth-order valence-electron chi connectivity index (χ4n) is 3.28. The molecule has 0 aromatic heterocycles. The topological polar surface area (TPSA) is 41.6 Å². The summed E-state index contributed by atoms with van der Waals surface area (Å²) in [5, 5.41) is 2.91. The number of hydrogen-bond acceptors (Lipinski definition) is 3. The first-order chi connectivity index (χ1) is 12.4. The predicted octanol–water partition coefficient (Wildman–Crippen LogP) is 4.60. The number of anilines is 2. The standard InChI is InChI=1S/C22H28N2O2/c1-22(2,3)19-8-4-5-9-20(19)26-16-21(25)23-17-10-12-18(13-11-17)24-14-6-7-15-24/h4-5,8-13H,6-7,14-16H2,1-3H3,(H,23,25). The largest absolute Gasteiger partial charge is 0.483 e. The highest BCUT2D eigenvalue weighted by atomic mass is 16.5. The summed E-state index contributed by atoms with van der Waals surface area (Å²) in [5.74, 6) is 0.613. The molecule has 1 saturated heterocycles. The molecule has 1 fully saturated rings. The predicted molar refractivity (Wildman–Crippen MR) is 107 cm³/mol. The highest BCUT2D eigenvalue weighted by molar-refractivity contribution is 5.92. The maximum Gasteiger partial charge on any atom is 0.262 e. The molecule has 1 heterocycles. The van der Waals surface area contributed by atoms with E-state index in [2.05, 4.69) is 43.1 Å². The van der Waals surface area contributed by atoms with Crippen molar-refractivity contribution in [3.63, 3.8) is 0 Å². The molecule has 0 radical (unpaired) electrons.